The Balaban J connectivity index is 2.70. The van der Waals surface area contributed by atoms with Gasteiger partial charge in [0, 0.05) is 12.5 Å². The first-order valence-electron chi connectivity index (χ1n) is 6.15. The quantitative estimate of drug-likeness (QED) is 0.690. The van der Waals surface area contributed by atoms with E-state index >= 15 is 0 Å². The molecular weight excluding hydrogens is 222 g/mol. The number of carbonyl (C=O) groups excluding carboxylic acids is 1. The van der Waals surface area contributed by atoms with Crippen LogP contribution < -0.4 is 0 Å². The Kier molecular flexibility index (Phi) is 4.93. The summed E-state index contributed by atoms with van der Waals surface area (Å²) < 4.78 is 0. The highest BCUT2D eigenvalue weighted by molar-refractivity contribution is 5.82. The van der Waals surface area contributed by atoms with Gasteiger partial charge >= 0.3 is 5.97 Å². The SMILES string of the molecule is CCC(CO)N(CC(C)C(=O)O)C(=O)C1CC1. The van der Waals surface area contributed by atoms with Crippen LogP contribution >= 0.6 is 0 Å². The van der Waals surface area contributed by atoms with E-state index in [1.165, 1.54) is 0 Å². The molecular formula is C12H21NO4. The van der Waals surface area contributed by atoms with Crippen LogP contribution in [0.2, 0.25) is 0 Å². The summed E-state index contributed by atoms with van der Waals surface area (Å²) >= 11 is 0. The Morgan fingerprint density at radius 2 is 2.00 bits per heavy atom. The fraction of sp³-hybridized carbons (Fsp3) is 0.833. The van der Waals surface area contributed by atoms with Gasteiger partial charge in [0.05, 0.1) is 18.6 Å². The van der Waals surface area contributed by atoms with Crippen molar-refractivity contribution >= 4 is 11.9 Å². The first-order valence-corrected chi connectivity index (χ1v) is 6.15. The number of amides is 1. The van der Waals surface area contributed by atoms with Crippen LogP contribution in [-0.2, 0) is 9.59 Å². The van der Waals surface area contributed by atoms with E-state index < -0.39 is 11.9 Å². The van der Waals surface area contributed by atoms with Crippen molar-refractivity contribution in [3.8, 4) is 0 Å². The summed E-state index contributed by atoms with van der Waals surface area (Å²) in [5.74, 6) is -1.46. The molecule has 0 radical (unpaired) electrons. The van der Waals surface area contributed by atoms with Gasteiger partial charge in [0.25, 0.3) is 0 Å². The molecule has 17 heavy (non-hydrogen) atoms. The van der Waals surface area contributed by atoms with Crippen molar-refractivity contribution in [1.82, 2.24) is 4.90 Å². The number of hydrogen-bond donors (Lipinski definition) is 2. The van der Waals surface area contributed by atoms with E-state index in [1.54, 1.807) is 11.8 Å². The van der Waals surface area contributed by atoms with Crippen LogP contribution in [0.15, 0.2) is 0 Å². The van der Waals surface area contributed by atoms with Crippen molar-refractivity contribution in [3.05, 3.63) is 0 Å². The predicted octanol–water partition coefficient (Wildman–Crippen LogP) is 0.717. The molecule has 0 spiro atoms. The fourth-order valence-corrected chi connectivity index (χ4v) is 1.80. The Morgan fingerprint density at radius 3 is 2.35 bits per heavy atom. The number of carbonyl (C=O) groups is 2. The average Bonchev–Trinajstić information content (AvgIpc) is 3.11. The van der Waals surface area contributed by atoms with Crippen LogP contribution in [0.3, 0.4) is 0 Å². The maximum Gasteiger partial charge on any atom is 0.308 e. The minimum atomic E-state index is -0.911. The number of hydrogen-bond acceptors (Lipinski definition) is 3. The Bertz CT molecular complexity index is 284. The first-order chi connectivity index (χ1) is 8.01. The van der Waals surface area contributed by atoms with E-state index in [9.17, 15) is 14.7 Å². The molecule has 5 heteroatoms. The van der Waals surface area contributed by atoms with Crippen molar-refractivity contribution in [2.24, 2.45) is 11.8 Å². The molecule has 5 nitrogen and oxygen atoms in total. The number of nitrogens with zero attached hydrogens (tertiary/aromatic N) is 1. The van der Waals surface area contributed by atoms with Crippen LogP contribution in [-0.4, -0.2) is 46.2 Å². The van der Waals surface area contributed by atoms with Gasteiger partial charge in [-0.1, -0.05) is 13.8 Å². The van der Waals surface area contributed by atoms with Gasteiger partial charge in [-0.25, -0.2) is 0 Å². The molecule has 0 saturated heterocycles. The van der Waals surface area contributed by atoms with Crippen LogP contribution in [0.4, 0.5) is 0 Å². The van der Waals surface area contributed by atoms with Gasteiger partial charge in [0.15, 0.2) is 0 Å². The molecule has 0 heterocycles. The van der Waals surface area contributed by atoms with Crippen LogP contribution in [0.1, 0.15) is 33.1 Å². The largest absolute Gasteiger partial charge is 0.481 e. The summed E-state index contributed by atoms with van der Waals surface area (Å²) in [6.45, 7) is 3.55. The van der Waals surface area contributed by atoms with Crippen molar-refractivity contribution < 1.29 is 19.8 Å². The molecule has 2 unspecified atom stereocenters. The zero-order valence-corrected chi connectivity index (χ0v) is 10.4. The lowest BCUT2D eigenvalue weighted by molar-refractivity contribution is -0.144. The average molecular weight is 243 g/mol. The van der Waals surface area contributed by atoms with E-state index in [0.29, 0.717) is 6.42 Å². The molecule has 1 rings (SSSR count). The minimum absolute atomic E-state index is 0.000926. The third-order valence-electron chi connectivity index (χ3n) is 3.22. The van der Waals surface area contributed by atoms with Gasteiger partial charge in [-0.2, -0.15) is 0 Å². The van der Waals surface area contributed by atoms with Gasteiger partial charge in [-0.05, 0) is 19.3 Å². The molecule has 98 valence electrons. The molecule has 0 aromatic rings. The first kappa shape index (κ1) is 14.0. The Morgan fingerprint density at radius 1 is 1.41 bits per heavy atom. The van der Waals surface area contributed by atoms with Crippen LogP contribution in [0.5, 0.6) is 0 Å². The topological polar surface area (TPSA) is 77.8 Å². The second-order valence-corrected chi connectivity index (χ2v) is 4.75. The molecule has 1 amide bonds. The van der Waals surface area contributed by atoms with Gasteiger partial charge in [-0.3, -0.25) is 9.59 Å². The van der Waals surface area contributed by atoms with Gasteiger partial charge in [0.2, 0.25) is 5.91 Å². The van der Waals surface area contributed by atoms with Gasteiger partial charge < -0.3 is 15.1 Å². The summed E-state index contributed by atoms with van der Waals surface area (Å²) in [5, 5.41) is 18.2. The number of carboxylic acids is 1. The number of aliphatic carboxylic acids is 1. The fourth-order valence-electron chi connectivity index (χ4n) is 1.80. The normalized spacial score (nSPS) is 18.5. The lowest BCUT2D eigenvalue weighted by Gasteiger charge is -2.31. The maximum atomic E-state index is 12.0. The van der Waals surface area contributed by atoms with E-state index in [2.05, 4.69) is 0 Å². The molecule has 0 aromatic heterocycles. The van der Waals surface area contributed by atoms with E-state index in [-0.39, 0.29) is 31.0 Å². The van der Waals surface area contributed by atoms with Crippen molar-refractivity contribution in [1.29, 1.82) is 0 Å². The van der Waals surface area contributed by atoms with Gasteiger partial charge in [0.1, 0.15) is 0 Å². The summed E-state index contributed by atoms with van der Waals surface area (Å²) in [5.41, 5.74) is 0. The van der Waals surface area contributed by atoms with Crippen LogP contribution in [0.25, 0.3) is 0 Å². The third kappa shape index (κ3) is 3.70. The highest BCUT2D eigenvalue weighted by Gasteiger charge is 2.36. The number of aliphatic hydroxyl groups excluding tert-OH is 1. The summed E-state index contributed by atoms with van der Waals surface area (Å²) in [4.78, 5) is 24.4. The Hall–Kier alpha value is -1.10. The zero-order valence-electron chi connectivity index (χ0n) is 10.4. The minimum Gasteiger partial charge on any atom is -0.481 e. The molecule has 2 N–H and O–H groups in total. The maximum absolute atomic E-state index is 12.0. The standard InChI is InChI=1S/C12H21NO4/c1-3-10(7-14)13(6-8(2)12(16)17)11(15)9-4-5-9/h8-10,14H,3-7H2,1-2H3,(H,16,17). The molecule has 2 atom stereocenters. The van der Waals surface area contributed by atoms with E-state index in [4.69, 9.17) is 5.11 Å². The highest BCUT2D eigenvalue weighted by atomic mass is 16.4. The summed E-state index contributed by atoms with van der Waals surface area (Å²) in [7, 11) is 0. The Labute approximate surface area is 101 Å². The summed E-state index contributed by atoms with van der Waals surface area (Å²) in [6.07, 6.45) is 2.42. The third-order valence-corrected chi connectivity index (χ3v) is 3.22. The lowest BCUT2D eigenvalue weighted by Crippen LogP contribution is -2.46. The monoisotopic (exact) mass is 243 g/mol. The molecule has 0 bridgehead atoms. The smallest absolute Gasteiger partial charge is 0.308 e. The van der Waals surface area contributed by atoms with Gasteiger partial charge in [-0.15, -0.1) is 0 Å². The number of carboxylic acid groups (broad SMARTS) is 1. The zero-order chi connectivity index (χ0) is 13.0. The molecule has 1 aliphatic carbocycles. The van der Waals surface area contributed by atoms with Crippen molar-refractivity contribution in [2.45, 2.75) is 39.2 Å². The molecule has 0 aromatic carbocycles. The number of aliphatic hydroxyl groups is 1. The molecule has 1 fully saturated rings. The van der Waals surface area contributed by atoms with E-state index in [0.717, 1.165) is 12.8 Å². The molecule has 1 aliphatic rings. The second kappa shape index (κ2) is 6.00. The second-order valence-electron chi connectivity index (χ2n) is 4.75. The lowest BCUT2D eigenvalue weighted by atomic mass is 10.1. The molecule has 1 saturated carbocycles. The van der Waals surface area contributed by atoms with Crippen LogP contribution in [0, 0.1) is 11.8 Å². The van der Waals surface area contributed by atoms with Crippen molar-refractivity contribution in [2.75, 3.05) is 13.2 Å². The number of rotatable bonds is 7. The predicted molar refractivity (Wildman–Crippen MR) is 62.4 cm³/mol. The molecule has 0 aliphatic heterocycles. The van der Waals surface area contributed by atoms with E-state index in [1.807, 2.05) is 6.92 Å². The van der Waals surface area contributed by atoms with Crippen molar-refractivity contribution in [3.63, 3.8) is 0 Å². The summed E-state index contributed by atoms with van der Waals surface area (Å²) in [6, 6.07) is -0.259. The highest BCUT2D eigenvalue weighted by Crippen LogP contribution is 2.32.